The van der Waals surface area contributed by atoms with E-state index in [0.29, 0.717) is 23.2 Å². The fraction of sp³-hybridized carbons (Fsp3) is 0.120. The SMILES string of the molecule is CC1Cc2cc(S(=O)(=O)C3=NC(=O)N=C3c3ccccc3)ccc2N1C(=O)c1ccc([N+](=O)[O-])cc1. The van der Waals surface area contributed by atoms with Crippen LogP contribution in [-0.2, 0) is 16.3 Å². The third-order valence-corrected chi connectivity index (χ3v) is 7.70. The van der Waals surface area contributed by atoms with E-state index in [1.807, 2.05) is 6.92 Å². The molecule has 180 valence electrons. The second kappa shape index (κ2) is 8.61. The Balaban J connectivity index is 1.48. The Morgan fingerprint density at radius 2 is 1.72 bits per heavy atom. The first-order valence-corrected chi connectivity index (χ1v) is 12.4. The minimum atomic E-state index is -4.18. The first kappa shape index (κ1) is 23.2. The average Bonchev–Trinajstić information content (AvgIpc) is 3.43. The molecule has 1 atom stereocenters. The first-order valence-electron chi connectivity index (χ1n) is 10.9. The molecule has 2 aliphatic rings. The summed E-state index contributed by atoms with van der Waals surface area (Å²) in [6.45, 7) is 1.83. The van der Waals surface area contributed by atoms with Crippen LogP contribution in [0.2, 0.25) is 0 Å². The van der Waals surface area contributed by atoms with E-state index in [4.69, 9.17) is 0 Å². The van der Waals surface area contributed by atoms with Gasteiger partial charge in [0, 0.05) is 35.0 Å². The number of carbonyl (C=O) groups excluding carboxylic acids is 2. The fourth-order valence-corrected chi connectivity index (χ4v) is 5.72. The number of hydrogen-bond acceptors (Lipinski definition) is 6. The number of hydrogen-bond donors (Lipinski definition) is 0. The average molecular weight is 503 g/mol. The monoisotopic (exact) mass is 502 g/mol. The molecule has 3 aromatic carbocycles. The first-order chi connectivity index (χ1) is 17.2. The molecule has 0 fully saturated rings. The highest BCUT2D eigenvalue weighted by Crippen LogP contribution is 2.36. The summed E-state index contributed by atoms with van der Waals surface area (Å²) in [6, 6.07) is 17.0. The molecule has 11 heteroatoms. The van der Waals surface area contributed by atoms with Crippen LogP contribution in [0.5, 0.6) is 0 Å². The summed E-state index contributed by atoms with van der Waals surface area (Å²) in [6.07, 6.45) is 0.405. The third-order valence-electron chi connectivity index (χ3n) is 6.03. The van der Waals surface area contributed by atoms with Crippen LogP contribution in [0, 0.1) is 10.1 Å². The number of fused-ring (bicyclic) bond motifs is 1. The summed E-state index contributed by atoms with van der Waals surface area (Å²) >= 11 is 0. The van der Waals surface area contributed by atoms with Gasteiger partial charge in [0.05, 0.1) is 9.82 Å². The minimum absolute atomic E-state index is 0.00978. The van der Waals surface area contributed by atoms with E-state index in [1.165, 1.54) is 36.4 Å². The van der Waals surface area contributed by atoms with E-state index >= 15 is 0 Å². The second-order valence-electron chi connectivity index (χ2n) is 8.35. The molecule has 0 bridgehead atoms. The van der Waals surface area contributed by atoms with Gasteiger partial charge in [-0.15, -0.1) is 0 Å². The number of non-ortho nitro benzene ring substituents is 1. The van der Waals surface area contributed by atoms with Gasteiger partial charge in [-0.2, -0.15) is 9.98 Å². The van der Waals surface area contributed by atoms with Crippen LogP contribution in [0.3, 0.4) is 0 Å². The van der Waals surface area contributed by atoms with E-state index in [9.17, 15) is 28.1 Å². The van der Waals surface area contributed by atoms with E-state index in [1.54, 1.807) is 41.3 Å². The molecule has 1 unspecified atom stereocenters. The molecule has 36 heavy (non-hydrogen) atoms. The van der Waals surface area contributed by atoms with Crippen molar-refractivity contribution in [2.45, 2.75) is 24.3 Å². The number of nitrogens with zero attached hydrogens (tertiary/aromatic N) is 4. The van der Waals surface area contributed by atoms with Crippen LogP contribution in [-0.4, -0.2) is 42.1 Å². The number of urea groups is 1. The maximum atomic E-state index is 13.5. The smallest absolute Gasteiger partial charge is 0.305 e. The number of amides is 3. The molecule has 0 saturated heterocycles. The number of nitro groups is 1. The van der Waals surface area contributed by atoms with Crippen molar-refractivity contribution in [1.29, 1.82) is 0 Å². The van der Waals surface area contributed by atoms with E-state index in [0.717, 1.165) is 0 Å². The van der Waals surface area contributed by atoms with Crippen molar-refractivity contribution >= 4 is 43.9 Å². The summed E-state index contributed by atoms with van der Waals surface area (Å²) in [5.41, 5.74) is 1.79. The zero-order chi connectivity index (χ0) is 25.6. The second-order valence-corrected chi connectivity index (χ2v) is 10.2. The molecule has 2 heterocycles. The zero-order valence-electron chi connectivity index (χ0n) is 18.9. The van der Waals surface area contributed by atoms with E-state index in [2.05, 4.69) is 9.98 Å². The van der Waals surface area contributed by atoms with Crippen molar-refractivity contribution in [3.05, 3.63) is 99.6 Å². The topological polar surface area (TPSA) is 139 Å². The largest absolute Gasteiger partial charge is 0.369 e. The molecule has 0 radical (unpaired) electrons. The predicted molar refractivity (Wildman–Crippen MR) is 133 cm³/mol. The van der Waals surface area contributed by atoms with Crippen LogP contribution in [0.4, 0.5) is 16.2 Å². The number of nitro benzene ring substituents is 1. The lowest BCUT2D eigenvalue weighted by Gasteiger charge is -2.23. The molecule has 10 nitrogen and oxygen atoms in total. The van der Waals surface area contributed by atoms with Gasteiger partial charge in [0.1, 0.15) is 5.71 Å². The van der Waals surface area contributed by atoms with Gasteiger partial charge in [-0.05, 0) is 49.2 Å². The molecule has 5 rings (SSSR count). The molecule has 2 aliphatic heterocycles. The molecular formula is C25H18N4O6S. The molecule has 0 spiro atoms. The van der Waals surface area contributed by atoms with Gasteiger partial charge in [-0.25, -0.2) is 13.2 Å². The van der Waals surface area contributed by atoms with Crippen LogP contribution in [0.15, 0.2) is 87.7 Å². The van der Waals surface area contributed by atoms with E-state index < -0.39 is 25.8 Å². The van der Waals surface area contributed by atoms with Gasteiger partial charge in [-0.1, -0.05) is 30.3 Å². The van der Waals surface area contributed by atoms with Crippen molar-refractivity contribution in [2.75, 3.05) is 4.90 Å². The number of benzene rings is 3. The van der Waals surface area contributed by atoms with Crippen molar-refractivity contribution in [1.82, 2.24) is 0 Å². The Kier molecular flexibility index (Phi) is 5.56. The lowest BCUT2D eigenvalue weighted by atomic mass is 10.1. The Labute approximate surface area is 205 Å². The van der Waals surface area contributed by atoms with Gasteiger partial charge in [0.15, 0.2) is 5.04 Å². The Morgan fingerprint density at radius 3 is 2.39 bits per heavy atom. The van der Waals surface area contributed by atoms with Crippen molar-refractivity contribution < 1.29 is 22.9 Å². The summed E-state index contributed by atoms with van der Waals surface area (Å²) in [5.74, 6) is -0.351. The highest BCUT2D eigenvalue weighted by Gasteiger charge is 2.36. The Bertz CT molecular complexity index is 1600. The van der Waals surface area contributed by atoms with Gasteiger partial charge in [-0.3, -0.25) is 14.9 Å². The maximum Gasteiger partial charge on any atom is 0.369 e. The van der Waals surface area contributed by atoms with Gasteiger partial charge in [0.25, 0.3) is 11.6 Å². The molecule has 3 aromatic rings. The molecule has 0 aromatic heterocycles. The quantitative estimate of drug-likeness (QED) is 0.390. The number of aliphatic imine (C=N–C) groups is 2. The highest BCUT2D eigenvalue weighted by atomic mass is 32.2. The summed E-state index contributed by atoms with van der Waals surface area (Å²) in [5, 5.41) is 10.5. The zero-order valence-corrected chi connectivity index (χ0v) is 19.7. The Morgan fingerprint density at radius 1 is 1.03 bits per heavy atom. The Hall–Kier alpha value is -4.51. The van der Waals surface area contributed by atoms with Gasteiger partial charge < -0.3 is 4.90 Å². The number of anilines is 1. The predicted octanol–water partition coefficient (Wildman–Crippen LogP) is 3.98. The molecular weight excluding hydrogens is 484 g/mol. The summed E-state index contributed by atoms with van der Waals surface area (Å²) in [4.78, 5) is 44.5. The molecule has 0 saturated carbocycles. The van der Waals surface area contributed by atoms with Crippen LogP contribution < -0.4 is 4.90 Å². The number of carbonyl (C=O) groups is 2. The van der Waals surface area contributed by atoms with Gasteiger partial charge in [0.2, 0.25) is 9.84 Å². The maximum absolute atomic E-state index is 13.5. The molecule has 0 N–H and O–H groups in total. The van der Waals surface area contributed by atoms with Crippen LogP contribution >= 0.6 is 0 Å². The number of sulfone groups is 1. The number of rotatable bonds is 4. The molecule has 3 amide bonds. The van der Waals surface area contributed by atoms with E-state index in [-0.39, 0.29) is 33.8 Å². The highest BCUT2D eigenvalue weighted by molar-refractivity contribution is 8.08. The van der Waals surface area contributed by atoms with Crippen molar-refractivity contribution in [3.63, 3.8) is 0 Å². The molecule has 0 aliphatic carbocycles. The lowest BCUT2D eigenvalue weighted by Crippen LogP contribution is -2.35. The third kappa shape index (κ3) is 3.89. The summed E-state index contributed by atoms with van der Waals surface area (Å²) in [7, 11) is -4.18. The normalized spacial score (nSPS) is 17.0. The van der Waals surface area contributed by atoms with Gasteiger partial charge >= 0.3 is 6.03 Å². The standard InChI is InChI=1S/C25H18N4O6S/c1-15-13-18-14-20(36(34,35)23-22(26-25(31)27-23)16-5-3-2-4-6-16)11-12-21(18)28(15)24(30)17-7-9-19(10-8-17)29(32)33/h2-12,14-15H,13H2,1H3. The summed E-state index contributed by atoms with van der Waals surface area (Å²) < 4.78 is 26.9. The van der Waals surface area contributed by atoms with Crippen molar-refractivity contribution in [2.24, 2.45) is 9.98 Å². The van der Waals surface area contributed by atoms with Crippen LogP contribution in [0.1, 0.15) is 28.4 Å². The van der Waals surface area contributed by atoms with Crippen LogP contribution in [0.25, 0.3) is 0 Å². The fourth-order valence-electron chi connectivity index (χ4n) is 4.34. The minimum Gasteiger partial charge on any atom is -0.305 e. The van der Waals surface area contributed by atoms with Crippen molar-refractivity contribution in [3.8, 4) is 0 Å². The lowest BCUT2D eigenvalue weighted by molar-refractivity contribution is -0.384.